The first-order valence-corrected chi connectivity index (χ1v) is 13.7. The van der Waals surface area contributed by atoms with E-state index in [9.17, 15) is 27.9 Å². The fourth-order valence-electron chi connectivity index (χ4n) is 5.48. The van der Waals surface area contributed by atoms with Crippen molar-refractivity contribution in [2.24, 2.45) is 11.8 Å². The predicted octanol–water partition coefficient (Wildman–Crippen LogP) is 2.54. The summed E-state index contributed by atoms with van der Waals surface area (Å²) in [6, 6.07) is 18.1. The van der Waals surface area contributed by atoms with Gasteiger partial charge in [0.1, 0.15) is 12.5 Å². The van der Waals surface area contributed by atoms with Crippen LogP contribution in [0, 0.1) is 11.8 Å². The molecule has 1 amide bonds. The van der Waals surface area contributed by atoms with Gasteiger partial charge in [-0.15, -0.1) is 0 Å². The molecule has 2 bridgehead atoms. The molecule has 8 nitrogen and oxygen atoms in total. The number of hydrogen-bond acceptors (Lipinski definition) is 6. The van der Waals surface area contributed by atoms with Crippen molar-refractivity contribution in [2.45, 2.75) is 51.0 Å². The SMILES string of the molecule is CC(C)C(=O)NCCC[N+]12CCC(CC1)[C@@H](OC(=O)C(O)(c1ccccc1)c1ccccc1)C2.O=C([O-])C(F)(F)F. The Morgan fingerprint density at radius 3 is 1.93 bits per heavy atom. The molecule has 3 saturated heterocycles. The van der Waals surface area contributed by atoms with E-state index in [0.29, 0.717) is 23.6 Å². The van der Waals surface area contributed by atoms with Crippen molar-refractivity contribution in [3.8, 4) is 0 Å². The number of quaternary nitrogens is 1. The van der Waals surface area contributed by atoms with Gasteiger partial charge in [0.2, 0.25) is 11.5 Å². The van der Waals surface area contributed by atoms with Crippen LogP contribution >= 0.6 is 0 Å². The highest BCUT2D eigenvalue weighted by Gasteiger charge is 2.50. The highest BCUT2D eigenvalue weighted by atomic mass is 19.4. The number of hydrogen-bond donors (Lipinski definition) is 2. The number of carboxylic acid groups (broad SMARTS) is 1. The number of halogens is 3. The van der Waals surface area contributed by atoms with Gasteiger partial charge >= 0.3 is 12.1 Å². The van der Waals surface area contributed by atoms with Gasteiger partial charge in [-0.05, 0) is 11.1 Å². The number of rotatable bonds is 9. The van der Waals surface area contributed by atoms with Crippen molar-refractivity contribution in [2.75, 3.05) is 32.7 Å². The smallest absolute Gasteiger partial charge is 0.430 e. The molecule has 5 rings (SSSR count). The van der Waals surface area contributed by atoms with E-state index in [-0.39, 0.29) is 17.9 Å². The Hall–Kier alpha value is -3.44. The standard InChI is InChI=1S/C28H36N2O4.C2HF3O2/c1-21(2)26(31)29-16-9-17-30-18-14-22(15-19-30)25(20-30)34-27(32)28(33,23-10-5-3-6-11-23)24-12-7-4-8-13-24;3-2(4,5)1(6)7/h3-8,10-13,21-22,25,33H,9,14-20H2,1-2H3;(H,6,7)/t22?,25-,30?;/m0./s1. The van der Waals surface area contributed by atoms with Gasteiger partial charge in [-0.25, -0.2) is 4.79 Å². The topological polar surface area (TPSA) is 116 Å². The molecular weight excluding hydrogens is 541 g/mol. The molecule has 224 valence electrons. The van der Waals surface area contributed by atoms with E-state index >= 15 is 0 Å². The zero-order chi connectivity index (χ0) is 30.3. The van der Waals surface area contributed by atoms with Gasteiger partial charge in [0, 0.05) is 37.6 Å². The molecule has 3 fully saturated rings. The van der Waals surface area contributed by atoms with Gasteiger partial charge in [0.15, 0.2) is 6.10 Å². The second-order valence-electron chi connectivity index (χ2n) is 11.0. The number of nitrogens with zero attached hydrogens (tertiary/aromatic N) is 1. The van der Waals surface area contributed by atoms with Gasteiger partial charge in [-0.3, -0.25) is 4.79 Å². The summed E-state index contributed by atoms with van der Waals surface area (Å²) in [5.74, 6) is -3.20. The lowest BCUT2D eigenvalue weighted by atomic mass is 9.82. The van der Waals surface area contributed by atoms with E-state index in [0.717, 1.165) is 49.9 Å². The fourth-order valence-corrected chi connectivity index (χ4v) is 5.48. The molecule has 0 spiro atoms. The summed E-state index contributed by atoms with van der Waals surface area (Å²) >= 11 is 0. The van der Waals surface area contributed by atoms with E-state index in [1.54, 1.807) is 24.3 Å². The molecule has 3 aliphatic heterocycles. The van der Waals surface area contributed by atoms with Crippen LogP contribution in [0.15, 0.2) is 60.7 Å². The van der Waals surface area contributed by atoms with Crippen LogP contribution in [-0.2, 0) is 24.7 Å². The lowest BCUT2D eigenvalue weighted by Crippen LogP contribution is -2.65. The van der Waals surface area contributed by atoms with Crippen LogP contribution in [0.3, 0.4) is 0 Å². The maximum absolute atomic E-state index is 13.6. The van der Waals surface area contributed by atoms with Gasteiger partial charge < -0.3 is 29.5 Å². The molecule has 0 aliphatic carbocycles. The number of alkyl halides is 3. The van der Waals surface area contributed by atoms with E-state index in [1.165, 1.54) is 0 Å². The van der Waals surface area contributed by atoms with E-state index in [2.05, 4.69) is 5.32 Å². The zero-order valence-electron chi connectivity index (χ0n) is 23.2. The quantitative estimate of drug-likeness (QED) is 0.269. The Labute approximate surface area is 237 Å². The van der Waals surface area contributed by atoms with Crippen molar-refractivity contribution >= 4 is 17.8 Å². The highest BCUT2D eigenvalue weighted by molar-refractivity contribution is 5.85. The average Bonchev–Trinajstić information content (AvgIpc) is 2.96. The third-order valence-electron chi connectivity index (χ3n) is 7.84. The van der Waals surface area contributed by atoms with E-state index in [4.69, 9.17) is 14.6 Å². The number of carboxylic acids is 1. The summed E-state index contributed by atoms with van der Waals surface area (Å²) < 4.78 is 38.6. The number of nitrogens with one attached hydrogen (secondary N) is 1. The Kier molecular flexibility index (Phi) is 10.5. The summed E-state index contributed by atoms with van der Waals surface area (Å²) in [5.41, 5.74) is -0.824. The van der Waals surface area contributed by atoms with Crippen LogP contribution in [0.25, 0.3) is 0 Å². The number of carbonyl (C=O) groups is 3. The number of aliphatic hydroxyl groups is 1. The monoisotopic (exact) mass is 578 g/mol. The minimum Gasteiger partial charge on any atom is -0.542 e. The van der Waals surface area contributed by atoms with Gasteiger partial charge in [-0.2, -0.15) is 13.2 Å². The molecule has 0 saturated carbocycles. The molecule has 2 aromatic rings. The molecule has 2 N–H and O–H groups in total. The lowest BCUT2D eigenvalue weighted by molar-refractivity contribution is -0.946. The maximum atomic E-state index is 13.6. The first kappa shape index (κ1) is 32.1. The molecule has 1 atom stereocenters. The number of fused-ring (bicyclic) bond motifs is 3. The number of piperidine rings is 3. The van der Waals surface area contributed by atoms with Crippen molar-refractivity contribution in [3.05, 3.63) is 71.8 Å². The highest BCUT2D eigenvalue weighted by Crippen LogP contribution is 2.38. The number of aliphatic carboxylic acids is 1. The molecule has 0 radical (unpaired) electrons. The molecule has 2 aromatic carbocycles. The van der Waals surface area contributed by atoms with Crippen LogP contribution in [0.1, 0.15) is 44.2 Å². The van der Waals surface area contributed by atoms with Crippen LogP contribution in [0.2, 0.25) is 0 Å². The summed E-state index contributed by atoms with van der Waals surface area (Å²) in [5, 5.41) is 23.5. The summed E-state index contributed by atoms with van der Waals surface area (Å²) in [6.45, 7) is 8.37. The van der Waals surface area contributed by atoms with Crippen LogP contribution in [0.4, 0.5) is 13.2 Å². The largest absolute Gasteiger partial charge is 0.542 e. The molecule has 0 unspecified atom stereocenters. The zero-order valence-corrected chi connectivity index (χ0v) is 23.2. The van der Waals surface area contributed by atoms with E-state index < -0.39 is 23.7 Å². The van der Waals surface area contributed by atoms with Crippen LogP contribution in [0.5, 0.6) is 0 Å². The normalized spacial score (nSPS) is 21.9. The number of amides is 1. The minimum atomic E-state index is -5.19. The minimum absolute atomic E-state index is 0.00505. The lowest BCUT2D eigenvalue weighted by Gasteiger charge is -2.52. The molecule has 11 heteroatoms. The molecule has 0 aromatic heterocycles. The summed E-state index contributed by atoms with van der Waals surface area (Å²) in [6.07, 6.45) is -2.46. The van der Waals surface area contributed by atoms with Crippen molar-refractivity contribution in [3.63, 3.8) is 0 Å². The van der Waals surface area contributed by atoms with Crippen LogP contribution in [-0.4, -0.2) is 72.4 Å². The first-order chi connectivity index (χ1) is 19.3. The third-order valence-corrected chi connectivity index (χ3v) is 7.84. The summed E-state index contributed by atoms with van der Waals surface area (Å²) in [4.78, 5) is 34.2. The summed E-state index contributed by atoms with van der Waals surface area (Å²) in [7, 11) is 0. The number of carbonyl (C=O) groups excluding carboxylic acids is 3. The van der Waals surface area contributed by atoms with Gasteiger partial charge in [0.25, 0.3) is 0 Å². The number of benzene rings is 2. The fraction of sp³-hybridized carbons (Fsp3) is 0.500. The average molecular weight is 579 g/mol. The maximum Gasteiger partial charge on any atom is 0.430 e. The second-order valence-corrected chi connectivity index (χ2v) is 11.0. The van der Waals surface area contributed by atoms with Gasteiger partial charge in [-0.1, -0.05) is 74.5 Å². The van der Waals surface area contributed by atoms with Gasteiger partial charge in [0.05, 0.1) is 19.6 Å². The number of esters is 1. The Morgan fingerprint density at radius 2 is 1.49 bits per heavy atom. The molecule has 41 heavy (non-hydrogen) atoms. The first-order valence-electron chi connectivity index (χ1n) is 13.7. The van der Waals surface area contributed by atoms with E-state index in [1.807, 2.05) is 50.2 Å². The Balaban J connectivity index is 0.000000587. The Bertz CT molecular complexity index is 1130. The van der Waals surface area contributed by atoms with Crippen LogP contribution < -0.4 is 10.4 Å². The second kappa shape index (κ2) is 13.5. The molecule has 3 aliphatic rings. The Morgan fingerprint density at radius 1 is 1.00 bits per heavy atom. The third kappa shape index (κ3) is 8.07. The van der Waals surface area contributed by atoms with Crippen molar-refractivity contribution in [1.82, 2.24) is 5.32 Å². The van der Waals surface area contributed by atoms with Crippen molar-refractivity contribution in [1.29, 1.82) is 0 Å². The number of ether oxygens (including phenoxy) is 1. The molecule has 3 heterocycles. The predicted molar refractivity (Wildman–Crippen MR) is 142 cm³/mol. The molecular formula is C30H37F3N2O6. The van der Waals surface area contributed by atoms with Crippen molar-refractivity contribution < 1.29 is 47.0 Å².